The molecule has 0 saturated carbocycles. The monoisotopic (exact) mass is 444 g/mol. The van der Waals surface area contributed by atoms with E-state index in [1.165, 1.54) is 16.7 Å². The van der Waals surface area contributed by atoms with Gasteiger partial charge in [-0.15, -0.1) is 6.58 Å². The smallest absolute Gasteiger partial charge is 0.408 e. The second-order valence-corrected chi connectivity index (χ2v) is 8.96. The number of carbonyl (C=O) groups is 1. The minimum atomic E-state index is -3.86. The molecule has 4 aromatic rings. The third-order valence-electron chi connectivity index (χ3n) is 4.38. The summed E-state index contributed by atoms with van der Waals surface area (Å²) in [6.07, 6.45) is 1.64. The van der Waals surface area contributed by atoms with Gasteiger partial charge in [0.15, 0.2) is 10.4 Å². The Morgan fingerprint density at radius 2 is 1.97 bits per heavy atom. The van der Waals surface area contributed by atoms with Gasteiger partial charge in [-0.3, -0.25) is 9.36 Å². The van der Waals surface area contributed by atoms with Gasteiger partial charge in [0.25, 0.3) is 5.91 Å². The molecule has 9 nitrogen and oxygen atoms in total. The summed E-state index contributed by atoms with van der Waals surface area (Å²) in [6.45, 7) is 3.77. The van der Waals surface area contributed by atoms with Crippen LogP contribution in [0.25, 0.3) is 21.3 Å². The molecular weight excluding hydrogens is 428 g/mol. The predicted octanol–water partition coefficient (Wildman–Crippen LogP) is 1.57. The maximum atomic E-state index is 12.6. The van der Waals surface area contributed by atoms with E-state index < -0.39 is 21.7 Å². The summed E-state index contributed by atoms with van der Waals surface area (Å²) in [4.78, 5) is 29.2. The fourth-order valence-corrected chi connectivity index (χ4v) is 4.77. The average Bonchev–Trinajstić information content (AvgIpc) is 3.18. The highest BCUT2D eigenvalue weighted by atomic mass is 32.2. The molecule has 2 aromatic carbocycles. The second kappa shape index (κ2) is 7.52. The van der Waals surface area contributed by atoms with Gasteiger partial charge in [-0.1, -0.05) is 29.5 Å². The van der Waals surface area contributed by atoms with Gasteiger partial charge in [0, 0.05) is 6.54 Å². The molecule has 0 aliphatic rings. The summed E-state index contributed by atoms with van der Waals surface area (Å²) >= 11 is 1.14. The molecule has 0 bridgehead atoms. The number of primary sulfonamides is 1. The van der Waals surface area contributed by atoms with Crippen molar-refractivity contribution in [2.45, 2.75) is 18.0 Å². The third-order valence-corrected chi connectivity index (χ3v) is 6.33. The number of amides is 1. The Hall–Kier alpha value is -3.28. The molecule has 30 heavy (non-hydrogen) atoms. The molecule has 11 heteroatoms. The summed E-state index contributed by atoms with van der Waals surface area (Å²) in [5.41, 5.74) is 1.57. The maximum Gasteiger partial charge on any atom is 0.420 e. The molecule has 154 valence electrons. The van der Waals surface area contributed by atoms with Crippen LogP contribution in [0, 0.1) is 0 Å². The summed E-state index contributed by atoms with van der Waals surface area (Å²) in [6, 6.07) is 11.2. The quantitative estimate of drug-likeness (QED) is 0.467. The minimum Gasteiger partial charge on any atom is -0.408 e. The van der Waals surface area contributed by atoms with Crippen molar-refractivity contribution in [3.8, 4) is 0 Å². The lowest BCUT2D eigenvalue weighted by Crippen LogP contribution is -2.22. The van der Waals surface area contributed by atoms with Crippen LogP contribution in [0.5, 0.6) is 0 Å². The van der Waals surface area contributed by atoms with E-state index in [0.717, 1.165) is 11.3 Å². The van der Waals surface area contributed by atoms with E-state index in [1.807, 2.05) is 0 Å². The number of benzene rings is 2. The maximum absolute atomic E-state index is 12.6. The summed E-state index contributed by atoms with van der Waals surface area (Å²) in [5, 5.41) is 5.20. The molecule has 0 spiro atoms. The van der Waals surface area contributed by atoms with Crippen LogP contribution in [0.15, 0.2) is 74.2 Å². The van der Waals surface area contributed by atoms with Crippen LogP contribution in [-0.4, -0.2) is 23.5 Å². The first kappa shape index (κ1) is 20.0. The van der Waals surface area contributed by atoms with Crippen molar-refractivity contribution in [3.05, 3.63) is 70.5 Å². The van der Waals surface area contributed by atoms with E-state index in [4.69, 9.17) is 9.56 Å². The van der Waals surface area contributed by atoms with Gasteiger partial charge < -0.3 is 8.98 Å². The second-order valence-electron chi connectivity index (χ2n) is 6.39. The lowest BCUT2D eigenvalue weighted by Gasteiger charge is -2.02. The van der Waals surface area contributed by atoms with Gasteiger partial charge in [0.1, 0.15) is 6.54 Å². The van der Waals surface area contributed by atoms with Crippen molar-refractivity contribution in [2.75, 3.05) is 0 Å². The normalized spacial score (nSPS) is 12.6. The van der Waals surface area contributed by atoms with Crippen LogP contribution < -0.4 is 15.7 Å². The number of allylic oxidation sites excluding steroid dienone is 1. The summed E-state index contributed by atoms with van der Waals surface area (Å²) in [7, 11) is -3.86. The van der Waals surface area contributed by atoms with Crippen LogP contribution in [0.1, 0.15) is 0 Å². The van der Waals surface area contributed by atoms with Gasteiger partial charge in [-0.05, 0) is 30.3 Å². The molecule has 1 amide bonds. The Balaban J connectivity index is 1.79. The van der Waals surface area contributed by atoms with E-state index in [9.17, 15) is 18.0 Å². The molecule has 0 saturated heterocycles. The Bertz CT molecular complexity index is 1540. The molecular formula is C19H16N4O5S2. The van der Waals surface area contributed by atoms with Crippen molar-refractivity contribution in [3.63, 3.8) is 0 Å². The van der Waals surface area contributed by atoms with Crippen molar-refractivity contribution in [1.29, 1.82) is 0 Å². The average molecular weight is 444 g/mol. The number of aromatic nitrogens is 2. The summed E-state index contributed by atoms with van der Waals surface area (Å²) in [5.74, 6) is -1.20. The highest BCUT2D eigenvalue weighted by Gasteiger charge is 2.15. The number of para-hydroxylation sites is 2. The number of thiazole rings is 1. The molecule has 2 heterocycles. The van der Waals surface area contributed by atoms with E-state index in [2.05, 4.69) is 11.6 Å². The molecule has 2 N–H and O–H groups in total. The van der Waals surface area contributed by atoms with Crippen LogP contribution in [0.2, 0.25) is 0 Å². The first-order valence-electron chi connectivity index (χ1n) is 8.71. The number of carbonyl (C=O) groups excluding carboxylic acids is 1. The first-order chi connectivity index (χ1) is 14.3. The Morgan fingerprint density at radius 1 is 1.20 bits per heavy atom. The zero-order valence-electron chi connectivity index (χ0n) is 15.5. The largest absolute Gasteiger partial charge is 0.420 e. The molecule has 0 atom stereocenters. The van der Waals surface area contributed by atoms with Gasteiger partial charge >= 0.3 is 5.76 Å². The fraction of sp³-hybridized carbons (Fsp3) is 0.105. The highest BCUT2D eigenvalue weighted by Crippen LogP contribution is 2.21. The molecule has 0 aliphatic heterocycles. The number of nitrogens with zero attached hydrogens (tertiary/aromatic N) is 3. The summed E-state index contributed by atoms with van der Waals surface area (Å²) < 4.78 is 31.9. The van der Waals surface area contributed by atoms with Crippen LogP contribution in [-0.2, 0) is 27.9 Å². The molecule has 4 rings (SSSR count). The first-order valence-corrected chi connectivity index (χ1v) is 11.1. The van der Waals surface area contributed by atoms with Gasteiger partial charge in [-0.25, -0.2) is 18.4 Å². The minimum absolute atomic E-state index is 0.0312. The Labute approximate surface area is 174 Å². The third kappa shape index (κ3) is 3.65. The van der Waals surface area contributed by atoms with Crippen molar-refractivity contribution in [1.82, 2.24) is 9.13 Å². The molecule has 0 radical (unpaired) electrons. The van der Waals surface area contributed by atoms with E-state index in [-0.39, 0.29) is 11.4 Å². The molecule has 0 fully saturated rings. The van der Waals surface area contributed by atoms with E-state index in [0.29, 0.717) is 32.7 Å². The van der Waals surface area contributed by atoms with Gasteiger partial charge in [-0.2, -0.15) is 4.99 Å². The zero-order valence-corrected chi connectivity index (χ0v) is 17.1. The standard InChI is InChI=1S/C19H16N4O5S2/c1-2-9-22-14-8-7-12(30(20,26)27)10-16(14)29-18(22)21-17(24)11-23-13-5-3-4-6-15(13)28-19(23)25/h2-8,10H,1,9,11H2,(H2,20,26,27). The van der Waals surface area contributed by atoms with Crippen molar-refractivity contribution >= 4 is 48.6 Å². The zero-order chi connectivity index (χ0) is 21.5. The van der Waals surface area contributed by atoms with E-state index in [1.54, 1.807) is 41.0 Å². The number of hydrogen-bond donors (Lipinski definition) is 1. The van der Waals surface area contributed by atoms with E-state index >= 15 is 0 Å². The van der Waals surface area contributed by atoms with Gasteiger partial charge in [0.05, 0.1) is 20.6 Å². The van der Waals surface area contributed by atoms with Crippen LogP contribution in [0.3, 0.4) is 0 Å². The van der Waals surface area contributed by atoms with Gasteiger partial charge in [0.2, 0.25) is 10.0 Å². The Morgan fingerprint density at radius 3 is 2.70 bits per heavy atom. The number of sulfonamides is 1. The van der Waals surface area contributed by atoms with Crippen molar-refractivity contribution in [2.24, 2.45) is 10.1 Å². The number of hydrogen-bond acceptors (Lipinski definition) is 6. The lowest BCUT2D eigenvalue weighted by molar-refractivity contribution is -0.118. The topological polar surface area (TPSA) is 130 Å². The SMILES string of the molecule is C=CCn1c(=NC(=O)Cn2c(=O)oc3ccccc32)sc2cc(S(N)(=O)=O)ccc21. The highest BCUT2D eigenvalue weighted by molar-refractivity contribution is 7.89. The molecule has 0 aliphatic carbocycles. The van der Waals surface area contributed by atoms with Crippen LogP contribution in [0.4, 0.5) is 0 Å². The molecule has 2 aromatic heterocycles. The number of fused-ring (bicyclic) bond motifs is 2. The predicted molar refractivity (Wildman–Crippen MR) is 112 cm³/mol. The fourth-order valence-electron chi connectivity index (χ4n) is 3.06. The van der Waals surface area contributed by atoms with Crippen molar-refractivity contribution < 1.29 is 17.6 Å². The number of oxazole rings is 1. The number of rotatable bonds is 5. The molecule has 0 unspecified atom stereocenters. The van der Waals surface area contributed by atoms with Crippen LogP contribution >= 0.6 is 11.3 Å². The lowest BCUT2D eigenvalue weighted by atomic mass is 10.3. The number of nitrogens with two attached hydrogens (primary N) is 1. The Kier molecular flexibility index (Phi) is 5.02.